The fraction of sp³-hybridized carbons (Fsp3) is 0.214. The molecule has 23 heavy (non-hydrogen) atoms. The molecule has 0 aliphatic carbocycles. The molecule has 2 heterocycles. The molecule has 118 valence electrons. The molecule has 9 heteroatoms. The van der Waals surface area contributed by atoms with Gasteiger partial charge in [0.1, 0.15) is 0 Å². The van der Waals surface area contributed by atoms with Gasteiger partial charge in [0.25, 0.3) is 5.89 Å². The molecule has 1 aromatic carbocycles. The van der Waals surface area contributed by atoms with Crippen LogP contribution in [0.15, 0.2) is 33.2 Å². The number of ether oxygens (including phenoxy) is 1. The second-order valence-corrected chi connectivity index (χ2v) is 6.07. The number of hydrogen-bond acceptors (Lipinski definition) is 8. The first-order chi connectivity index (χ1) is 11.2. The van der Waals surface area contributed by atoms with Gasteiger partial charge in [0, 0.05) is 4.47 Å². The number of aryl methyl sites for hydroxylation is 1. The van der Waals surface area contributed by atoms with Crippen LogP contribution >= 0.6 is 27.5 Å². The van der Waals surface area contributed by atoms with Crippen molar-refractivity contribution >= 4 is 33.4 Å². The van der Waals surface area contributed by atoms with Crippen LogP contribution in [-0.2, 0) is 17.8 Å². The smallest absolute Gasteiger partial charge is 0.352 e. The van der Waals surface area contributed by atoms with Crippen LogP contribution in [0.3, 0.4) is 0 Å². The first-order valence-electron chi connectivity index (χ1n) is 6.74. The third kappa shape index (κ3) is 3.45. The average Bonchev–Trinajstić information content (AvgIpc) is 3.22. The van der Waals surface area contributed by atoms with E-state index in [4.69, 9.17) is 9.15 Å². The standard InChI is InChI=1S/C14H11BrN4O3S/c1-2-10-12(23-19-16-10)14(20)21-7-11-17-18-13(22-11)8-5-3-4-6-9(8)15/h3-6H,2,7H2,1H3. The van der Waals surface area contributed by atoms with Gasteiger partial charge < -0.3 is 9.15 Å². The largest absolute Gasteiger partial charge is 0.451 e. The van der Waals surface area contributed by atoms with Crippen LogP contribution in [0.4, 0.5) is 0 Å². The number of benzene rings is 1. The highest BCUT2D eigenvalue weighted by atomic mass is 79.9. The third-order valence-electron chi connectivity index (χ3n) is 2.97. The van der Waals surface area contributed by atoms with Gasteiger partial charge in [-0.2, -0.15) is 0 Å². The van der Waals surface area contributed by atoms with Crippen molar-refractivity contribution in [3.05, 3.63) is 45.2 Å². The molecule has 0 aliphatic rings. The Bertz CT molecular complexity index is 833. The number of esters is 1. The highest BCUT2D eigenvalue weighted by Gasteiger charge is 2.18. The Kier molecular flexibility index (Phi) is 4.77. The molecule has 0 unspecified atom stereocenters. The van der Waals surface area contributed by atoms with E-state index in [0.29, 0.717) is 22.9 Å². The highest BCUT2D eigenvalue weighted by Crippen LogP contribution is 2.26. The van der Waals surface area contributed by atoms with Gasteiger partial charge in [-0.05, 0) is 46.0 Å². The molecule has 0 amide bonds. The number of rotatable bonds is 5. The molecule has 0 N–H and O–H groups in total. The van der Waals surface area contributed by atoms with E-state index in [2.05, 4.69) is 35.7 Å². The van der Waals surface area contributed by atoms with Gasteiger partial charge >= 0.3 is 5.97 Å². The van der Waals surface area contributed by atoms with Gasteiger partial charge in [-0.1, -0.05) is 23.5 Å². The first kappa shape index (κ1) is 15.8. The summed E-state index contributed by atoms with van der Waals surface area (Å²) in [5.74, 6) is 0.0920. The molecule has 0 aliphatic heterocycles. The number of carbonyl (C=O) groups excluding carboxylic acids is 1. The van der Waals surface area contributed by atoms with E-state index in [0.717, 1.165) is 21.6 Å². The van der Waals surface area contributed by atoms with Crippen molar-refractivity contribution in [3.63, 3.8) is 0 Å². The zero-order valence-corrected chi connectivity index (χ0v) is 14.4. The summed E-state index contributed by atoms with van der Waals surface area (Å²) in [4.78, 5) is 12.4. The van der Waals surface area contributed by atoms with Gasteiger partial charge in [-0.25, -0.2) is 4.79 Å². The molecule has 0 bridgehead atoms. The molecule has 0 saturated carbocycles. The van der Waals surface area contributed by atoms with Crippen molar-refractivity contribution < 1.29 is 13.9 Å². The van der Waals surface area contributed by atoms with E-state index < -0.39 is 5.97 Å². The number of halogens is 1. The third-order valence-corrected chi connectivity index (χ3v) is 4.41. The maximum absolute atomic E-state index is 12.0. The average molecular weight is 395 g/mol. The summed E-state index contributed by atoms with van der Waals surface area (Å²) in [6.45, 7) is 1.80. The lowest BCUT2D eigenvalue weighted by Crippen LogP contribution is -2.06. The zero-order valence-electron chi connectivity index (χ0n) is 12.0. The Morgan fingerprint density at radius 1 is 1.30 bits per heavy atom. The second kappa shape index (κ2) is 6.97. The Balaban J connectivity index is 1.68. The minimum atomic E-state index is -0.488. The zero-order chi connectivity index (χ0) is 16.2. The van der Waals surface area contributed by atoms with Crippen molar-refractivity contribution in [1.29, 1.82) is 0 Å². The van der Waals surface area contributed by atoms with Crippen LogP contribution in [0.2, 0.25) is 0 Å². The fourth-order valence-corrected chi connectivity index (χ4v) is 2.94. The van der Waals surface area contributed by atoms with Crippen molar-refractivity contribution in [2.75, 3.05) is 0 Å². The molecule has 0 spiro atoms. The van der Waals surface area contributed by atoms with Crippen molar-refractivity contribution in [2.45, 2.75) is 20.0 Å². The minimum Gasteiger partial charge on any atom is -0.451 e. The topological polar surface area (TPSA) is 91.0 Å². The van der Waals surface area contributed by atoms with Crippen LogP contribution in [0, 0.1) is 0 Å². The number of aromatic nitrogens is 4. The summed E-state index contributed by atoms with van der Waals surface area (Å²) in [7, 11) is 0. The molecular weight excluding hydrogens is 384 g/mol. The lowest BCUT2D eigenvalue weighted by molar-refractivity contribution is 0.0443. The van der Waals surface area contributed by atoms with E-state index in [1.807, 2.05) is 31.2 Å². The number of hydrogen-bond donors (Lipinski definition) is 0. The highest BCUT2D eigenvalue weighted by molar-refractivity contribution is 9.10. The molecule has 0 atom stereocenters. The monoisotopic (exact) mass is 394 g/mol. The Morgan fingerprint density at radius 2 is 2.13 bits per heavy atom. The molecule has 3 aromatic rings. The predicted octanol–water partition coefficient (Wildman–Crippen LogP) is 3.27. The predicted molar refractivity (Wildman–Crippen MR) is 85.8 cm³/mol. The Hall–Kier alpha value is -2.13. The fourth-order valence-electron chi connectivity index (χ4n) is 1.84. The lowest BCUT2D eigenvalue weighted by Gasteiger charge is -2.00. The van der Waals surface area contributed by atoms with Gasteiger partial charge in [0.15, 0.2) is 11.5 Å². The summed E-state index contributed by atoms with van der Waals surface area (Å²) >= 11 is 4.43. The van der Waals surface area contributed by atoms with Gasteiger partial charge in [0.05, 0.1) is 11.3 Å². The van der Waals surface area contributed by atoms with Crippen LogP contribution in [0.1, 0.15) is 28.2 Å². The van der Waals surface area contributed by atoms with Crippen molar-refractivity contribution in [1.82, 2.24) is 19.8 Å². The van der Waals surface area contributed by atoms with Crippen LogP contribution in [0.5, 0.6) is 0 Å². The van der Waals surface area contributed by atoms with Crippen molar-refractivity contribution in [3.8, 4) is 11.5 Å². The Labute approximate surface area is 144 Å². The van der Waals surface area contributed by atoms with E-state index >= 15 is 0 Å². The summed E-state index contributed by atoms with van der Waals surface area (Å²) in [5, 5.41) is 11.7. The number of carbonyl (C=O) groups is 1. The number of nitrogens with zero attached hydrogens (tertiary/aromatic N) is 4. The maximum Gasteiger partial charge on any atom is 0.352 e. The van der Waals surface area contributed by atoms with Gasteiger partial charge in [0.2, 0.25) is 5.89 Å². The Morgan fingerprint density at radius 3 is 2.91 bits per heavy atom. The summed E-state index contributed by atoms with van der Waals surface area (Å²) in [6, 6.07) is 7.49. The normalized spacial score (nSPS) is 10.7. The van der Waals surface area contributed by atoms with Crippen LogP contribution in [0.25, 0.3) is 11.5 Å². The minimum absolute atomic E-state index is 0.0999. The molecular formula is C14H11BrN4O3S. The summed E-state index contributed by atoms with van der Waals surface area (Å²) in [5.41, 5.74) is 1.40. The molecule has 3 rings (SSSR count). The molecule has 0 fully saturated rings. The SMILES string of the molecule is CCc1nnsc1C(=O)OCc1nnc(-c2ccccc2Br)o1. The van der Waals surface area contributed by atoms with Crippen molar-refractivity contribution in [2.24, 2.45) is 0 Å². The van der Waals surface area contributed by atoms with Gasteiger partial charge in [-0.3, -0.25) is 0 Å². The van der Waals surface area contributed by atoms with E-state index in [9.17, 15) is 4.79 Å². The van der Waals surface area contributed by atoms with E-state index in [-0.39, 0.29) is 12.5 Å². The van der Waals surface area contributed by atoms with Crippen LogP contribution < -0.4 is 0 Å². The molecule has 2 aromatic heterocycles. The van der Waals surface area contributed by atoms with Crippen LogP contribution in [-0.4, -0.2) is 25.8 Å². The first-order valence-corrected chi connectivity index (χ1v) is 8.31. The summed E-state index contributed by atoms with van der Waals surface area (Å²) < 4.78 is 15.3. The van der Waals surface area contributed by atoms with E-state index in [1.165, 1.54) is 0 Å². The maximum atomic E-state index is 12.0. The lowest BCUT2D eigenvalue weighted by atomic mass is 10.2. The van der Waals surface area contributed by atoms with E-state index in [1.54, 1.807) is 0 Å². The van der Waals surface area contributed by atoms with Gasteiger partial charge in [-0.15, -0.1) is 15.3 Å². The quantitative estimate of drug-likeness (QED) is 0.613. The second-order valence-electron chi connectivity index (χ2n) is 4.46. The molecule has 0 radical (unpaired) electrons. The summed E-state index contributed by atoms with van der Waals surface area (Å²) in [6.07, 6.45) is 0.619. The molecule has 0 saturated heterocycles. The molecule has 7 nitrogen and oxygen atoms in total.